The van der Waals surface area contributed by atoms with Gasteiger partial charge in [0, 0.05) is 54.2 Å². The first-order valence-electron chi connectivity index (χ1n) is 12.6. The second-order valence-corrected chi connectivity index (χ2v) is 8.98. The number of hydrogen-bond acceptors (Lipinski definition) is 7. The number of benzene rings is 3. The summed E-state index contributed by atoms with van der Waals surface area (Å²) in [6.45, 7) is 0.795. The summed E-state index contributed by atoms with van der Waals surface area (Å²) in [5.41, 5.74) is 8.81. The van der Waals surface area contributed by atoms with Gasteiger partial charge in [-0.2, -0.15) is 10.2 Å². The standard InChI is InChI=1S/C30H23N9/c1-7-22(19-25(10-1)37-16-4-13-31-37)28-34-29(23-8-2-11-26(20-23)38-17-5-14-32-38)36-30(35-28)24-9-3-12-27(21-24)39-18-6-15-33-39/h1-14,16-21,33H,15H2. The van der Waals surface area contributed by atoms with E-state index in [-0.39, 0.29) is 0 Å². The molecule has 9 nitrogen and oxygen atoms in total. The predicted molar refractivity (Wildman–Crippen MR) is 150 cm³/mol. The molecule has 1 N–H and O–H groups in total. The van der Waals surface area contributed by atoms with Crippen LogP contribution in [0.3, 0.4) is 0 Å². The van der Waals surface area contributed by atoms with Crippen LogP contribution in [0.25, 0.3) is 45.5 Å². The third-order valence-electron chi connectivity index (χ3n) is 6.40. The fourth-order valence-electron chi connectivity index (χ4n) is 4.52. The molecule has 0 spiro atoms. The fourth-order valence-corrected chi connectivity index (χ4v) is 4.52. The van der Waals surface area contributed by atoms with Crippen molar-refractivity contribution in [3.8, 4) is 45.5 Å². The molecule has 0 atom stereocenters. The maximum atomic E-state index is 4.94. The predicted octanol–water partition coefficient (Wildman–Crippen LogP) is 5.08. The van der Waals surface area contributed by atoms with Gasteiger partial charge in [0.2, 0.25) is 0 Å². The molecular weight excluding hydrogens is 486 g/mol. The number of aromatic nitrogens is 7. The van der Waals surface area contributed by atoms with Crippen molar-refractivity contribution in [2.24, 2.45) is 0 Å². The maximum absolute atomic E-state index is 4.94. The molecule has 1 aliphatic heterocycles. The summed E-state index contributed by atoms with van der Waals surface area (Å²) in [5.74, 6) is 1.75. The summed E-state index contributed by atoms with van der Waals surface area (Å²) in [6, 6.07) is 28.0. The van der Waals surface area contributed by atoms with Crippen LogP contribution in [0.15, 0.2) is 122 Å². The molecule has 3 aromatic carbocycles. The maximum Gasteiger partial charge on any atom is 0.164 e. The van der Waals surface area contributed by atoms with Gasteiger partial charge in [0.05, 0.1) is 17.1 Å². The first kappa shape index (κ1) is 22.8. The lowest BCUT2D eigenvalue weighted by atomic mass is 10.1. The quantitative estimate of drug-likeness (QED) is 0.335. The third kappa shape index (κ3) is 4.58. The van der Waals surface area contributed by atoms with Gasteiger partial charge in [-0.05, 0) is 48.5 Å². The molecule has 0 saturated heterocycles. The van der Waals surface area contributed by atoms with Crippen LogP contribution in [-0.4, -0.2) is 41.1 Å². The van der Waals surface area contributed by atoms with Crippen molar-refractivity contribution in [3.63, 3.8) is 0 Å². The topological polar surface area (TPSA) is 89.6 Å². The number of nitrogens with zero attached hydrogens (tertiary/aromatic N) is 8. The number of hydrazine groups is 1. The zero-order valence-corrected chi connectivity index (χ0v) is 20.8. The Balaban J connectivity index is 1.37. The monoisotopic (exact) mass is 509 g/mol. The van der Waals surface area contributed by atoms with Crippen LogP contribution >= 0.6 is 0 Å². The Labute approximate surface area is 224 Å². The number of hydrogen-bond donors (Lipinski definition) is 1. The summed E-state index contributed by atoms with van der Waals surface area (Å²) in [4.78, 5) is 14.8. The number of nitrogens with one attached hydrogen (secondary N) is 1. The minimum atomic E-state index is 0.582. The molecule has 39 heavy (non-hydrogen) atoms. The van der Waals surface area contributed by atoms with E-state index in [0.717, 1.165) is 40.3 Å². The van der Waals surface area contributed by atoms with E-state index in [4.69, 9.17) is 15.0 Å². The zero-order valence-electron chi connectivity index (χ0n) is 20.8. The van der Waals surface area contributed by atoms with Crippen molar-refractivity contribution in [2.75, 3.05) is 11.6 Å². The lowest BCUT2D eigenvalue weighted by Gasteiger charge is -2.17. The first-order chi connectivity index (χ1) is 19.3. The van der Waals surface area contributed by atoms with Crippen molar-refractivity contribution >= 4 is 5.69 Å². The van der Waals surface area contributed by atoms with E-state index in [0.29, 0.717) is 17.5 Å². The van der Waals surface area contributed by atoms with Gasteiger partial charge in [-0.15, -0.1) is 0 Å². The molecule has 3 aromatic heterocycles. The Bertz CT molecular complexity index is 1680. The molecule has 0 fully saturated rings. The van der Waals surface area contributed by atoms with Crippen LogP contribution in [0, 0.1) is 0 Å². The molecule has 188 valence electrons. The van der Waals surface area contributed by atoms with Crippen LogP contribution < -0.4 is 10.4 Å². The van der Waals surface area contributed by atoms with Gasteiger partial charge in [-0.3, -0.25) is 5.01 Å². The Morgan fingerprint density at radius 1 is 0.564 bits per heavy atom. The van der Waals surface area contributed by atoms with Crippen LogP contribution in [0.1, 0.15) is 0 Å². The molecule has 0 saturated carbocycles. The number of rotatable bonds is 6. The van der Waals surface area contributed by atoms with E-state index in [1.165, 1.54) is 0 Å². The minimum Gasteiger partial charge on any atom is -0.284 e. The Kier molecular flexibility index (Phi) is 5.72. The van der Waals surface area contributed by atoms with Crippen LogP contribution in [-0.2, 0) is 0 Å². The molecule has 4 heterocycles. The fraction of sp³-hybridized carbons (Fsp3) is 0.0333. The van der Waals surface area contributed by atoms with Gasteiger partial charge in [0.25, 0.3) is 0 Å². The summed E-state index contributed by atoms with van der Waals surface area (Å²) >= 11 is 0. The highest BCUT2D eigenvalue weighted by molar-refractivity contribution is 5.70. The molecule has 0 unspecified atom stereocenters. The molecule has 0 amide bonds. The second-order valence-electron chi connectivity index (χ2n) is 8.98. The van der Waals surface area contributed by atoms with Gasteiger partial charge in [0.1, 0.15) is 0 Å². The largest absolute Gasteiger partial charge is 0.284 e. The van der Waals surface area contributed by atoms with Gasteiger partial charge in [-0.1, -0.05) is 42.5 Å². The van der Waals surface area contributed by atoms with Gasteiger partial charge in [0.15, 0.2) is 17.5 Å². The lowest BCUT2D eigenvalue weighted by molar-refractivity contribution is 0.814. The van der Waals surface area contributed by atoms with Crippen molar-refractivity contribution in [1.82, 2.24) is 39.9 Å². The van der Waals surface area contributed by atoms with Crippen molar-refractivity contribution in [3.05, 3.63) is 122 Å². The Morgan fingerprint density at radius 3 is 1.49 bits per heavy atom. The molecular formula is C30H23N9. The number of anilines is 1. The van der Waals surface area contributed by atoms with Crippen molar-refractivity contribution in [1.29, 1.82) is 0 Å². The normalized spacial score (nSPS) is 12.8. The van der Waals surface area contributed by atoms with Crippen molar-refractivity contribution in [2.45, 2.75) is 0 Å². The highest BCUT2D eigenvalue weighted by atomic mass is 15.5. The Morgan fingerprint density at radius 2 is 1.05 bits per heavy atom. The molecule has 0 aliphatic carbocycles. The first-order valence-corrected chi connectivity index (χ1v) is 12.6. The Hall–Kier alpha value is -5.41. The lowest BCUT2D eigenvalue weighted by Crippen LogP contribution is -2.28. The highest BCUT2D eigenvalue weighted by Crippen LogP contribution is 2.28. The van der Waals surface area contributed by atoms with E-state index < -0.39 is 0 Å². The summed E-state index contributed by atoms with van der Waals surface area (Å²) in [7, 11) is 0. The van der Waals surface area contributed by atoms with Crippen molar-refractivity contribution < 1.29 is 0 Å². The van der Waals surface area contributed by atoms with Crippen LogP contribution in [0.2, 0.25) is 0 Å². The smallest absolute Gasteiger partial charge is 0.164 e. The molecule has 0 bridgehead atoms. The average molecular weight is 510 g/mol. The third-order valence-corrected chi connectivity index (χ3v) is 6.40. The summed E-state index contributed by atoms with van der Waals surface area (Å²) in [5, 5.41) is 10.7. The molecule has 6 aromatic rings. The molecule has 1 aliphatic rings. The van der Waals surface area contributed by atoms with E-state index in [9.17, 15) is 0 Å². The molecule has 0 radical (unpaired) electrons. The second kappa shape index (κ2) is 9.81. The highest BCUT2D eigenvalue weighted by Gasteiger charge is 2.15. The van der Waals surface area contributed by atoms with Gasteiger partial charge >= 0.3 is 0 Å². The summed E-state index contributed by atoms with van der Waals surface area (Å²) in [6.07, 6.45) is 11.4. The van der Waals surface area contributed by atoms with Crippen LogP contribution in [0.4, 0.5) is 5.69 Å². The zero-order chi connectivity index (χ0) is 26.0. The molecule has 9 heteroatoms. The van der Waals surface area contributed by atoms with E-state index in [2.05, 4.69) is 33.8 Å². The van der Waals surface area contributed by atoms with Gasteiger partial charge < -0.3 is 0 Å². The van der Waals surface area contributed by atoms with E-state index in [1.54, 1.807) is 12.4 Å². The average Bonchev–Trinajstić information content (AvgIpc) is 3.81. The summed E-state index contributed by atoms with van der Waals surface area (Å²) < 4.78 is 3.64. The van der Waals surface area contributed by atoms with Crippen LogP contribution in [0.5, 0.6) is 0 Å². The minimum absolute atomic E-state index is 0.582. The SMILES string of the molecule is C1=CN(c2cccc(-c3nc(-c4cccc(-n5cccn5)c4)nc(-c4cccc(-n5cccn5)c4)n3)c2)NC1. The van der Waals surface area contributed by atoms with E-state index >= 15 is 0 Å². The van der Waals surface area contributed by atoms with E-state index in [1.807, 2.05) is 106 Å². The molecule has 7 rings (SSSR count). The van der Waals surface area contributed by atoms with Gasteiger partial charge in [-0.25, -0.2) is 29.7 Å².